The zero-order chi connectivity index (χ0) is 13.0. The van der Waals surface area contributed by atoms with E-state index in [2.05, 4.69) is 51.0 Å². The number of nitrogens with zero attached hydrogens (tertiary/aromatic N) is 1. The van der Waals surface area contributed by atoms with Crippen molar-refractivity contribution in [3.05, 3.63) is 28.8 Å². The lowest BCUT2D eigenvalue weighted by molar-refractivity contribution is 0.587. The summed E-state index contributed by atoms with van der Waals surface area (Å²) in [7, 11) is 2.09. The van der Waals surface area contributed by atoms with Gasteiger partial charge in [0.1, 0.15) is 0 Å². The number of para-hydroxylation sites is 1. The quantitative estimate of drug-likeness (QED) is 0.862. The molecule has 0 spiro atoms. The number of benzene rings is 1. The number of halogens is 1. The van der Waals surface area contributed by atoms with Gasteiger partial charge in [-0.05, 0) is 25.5 Å². The Hall–Kier alpha value is -0.730. The van der Waals surface area contributed by atoms with Gasteiger partial charge in [0, 0.05) is 25.7 Å². The molecule has 0 saturated carbocycles. The van der Waals surface area contributed by atoms with Crippen LogP contribution in [0.15, 0.2) is 18.2 Å². The summed E-state index contributed by atoms with van der Waals surface area (Å²) in [5, 5.41) is 4.26. The topological polar surface area (TPSA) is 15.3 Å². The monoisotopic (exact) mass is 254 g/mol. The molecule has 1 aromatic carbocycles. The Morgan fingerprint density at radius 2 is 1.88 bits per heavy atom. The minimum absolute atomic E-state index is 0.438. The van der Waals surface area contributed by atoms with E-state index in [1.165, 1.54) is 5.56 Å². The van der Waals surface area contributed by atoms with Gasteiger partial charge in [-0.15, -0.1) is 0 Å². The van der Waals surface area contributed by atoms with E-state index < -0.39 is 0 Å². The third-order valence-corrected chi connectivity index (χ3v) is 3.20. The number of anilines is 1. The SMILES string of the molecule is CC(C)NCc1cccc(Cl)c1N(C)C(C)C. The van der Waals surface area contributed by atoms with Crippen LogP contribution in [-0.4, -0.2) is 19.1 Å². The molecule has 0 fully saturated rings. The fourth-order valence-electron chi connectivity index (χ4n) is 1.67. The third-order valence-electron chi connectivity index (χ3n) is 2.90. The van der Waals surface area contributed by atoms with Gasteiger partial charge in [0.2, 0.25) is 0 Å². The Kier molecular flexibility index (Phi) is 5.29. The van der Waals surface area contributed by atoms with Crippen LogP contribution in [-0.2, 0) is 6.54 Å². The van der Waals surface area contributed by atoms with Gasteiger partial charge >= 0.3 is 0 Å². The Labute approximate surface area is 110 Å². The lowest BCUT2D eigenvalue weighted by Gasteiger charge is -2.28. The molecule has 0 aromatic heterocycles. The maximum atomic E-state index is 6.31. The van der Waals surface area contributed by atoms with E-state index in [4.69, 9.17) is 11.6 Å². The van der Waals surface area contributed by atoms with Crippen molar-refractivity contribution in [1.29, 1.82) is 0 Å². The van der Waals surface area contributed by atoms with E-state index in [1.807, 2.05) is 12.1 Å². The molecule has 1 aromatic rings. The molecule has 0 bridgehead atoms. The highest BCUT2D eigenvalue weighted by atomic mass is 35.5. The highest BCUT2D eigenvalue weighted by Gasteiger charge is 2.13. The van der Waals surface area contributed by atoms with Crippen LogP contribution in [0.4, 0.5) is 5.69 Å². The first-order chi connectivity index (χ1) is 7.93. The van der Waals surface area contributed by atoms with E-state index >= 15 is 0 Å². The van der Waals surface area contributed by atoms with Crippen LogP contribution in [0.3, 0.4) is 0 Å². The molecule has 0 aliphatic heterocycles. The second kappa shape index (κ2) is 6.27. The first-order valence-electron chi connectivity index (χ1n) is 6.17. The average Bonchev–Trinajstić information content (AvgIpc) is 2.25. The highest BCUT2D eigenvalue weighted by Crippen LogP contribution is 2.30. The van der Waals surface area contributed by atoms with E-state index in [0.29, 0.717) is 12.1 Å². The van der Waals surface area contributed by atoms with Gasteiger partial charge in [-0.1, -0.05) is 37.6 Å². The van der Waals surface area contributed by atoms with E-state index in [0.717, 1.165) is 17.3 Å². The first kappa shape index (κ1) is 14.3. The van der Waals surface area contributed by atoms with Crippen molar-refractivity contribution in [3.8, 4) is 0 Å². The molecule has 0 aliphatic carbocycles. The molecule has 2 nitrogen and oxygen atoms in total. The van der Waals surface area contributed by atoms with E-state index in [-0.39, 0.29) is 0 Å². The summed E-state index contributed by atoms with van der Waals surface area (Å²) >= 11 is 6.31. The standard InChI is InChI=1S/C14H23ClN2/c1-10(2)16-9-12-7-6-8-13(15)14(12)17(5)11(3)4/h6-8,10-11,16H,9H2,1-5H3. The summed E-state index contributed by atoms with van der Waals surface area (Å²) in [4.78, 5) is 2.22. The molecule has 0 unspecified atom stereocenters. The molecule has 0 atom stereocenters. The van der Waals surface area contributed by atoms with Crippen LogP contribution >= 0.6 is 11.6 Å². The summed E-state index contributed by atoms with van der Waals surface area (Å²) in [6, 6.07) is 7.01. The van der Waals surface area contributed by atoms with Gasteiger partial charge in [0.15, 0.2) is 0 Å². The largest absolute Gasteiger partial charge is 0.371 e. The van der Waals surface area contributed by atoms with Crippen molar-refractivity contribution in [1.82, 2.24) is 5.32 Å². The van der Waals surface area contributed by atoms with Crippen molar-refractivity contribution in [3.63, 3.8) is 0 Å². The van der Waals surface area contributed by atoms with Crippen LogP contribution < -0.4 is 10.2 Å². The Morgan fingerprint density at radius 1 is 1.24 bits per heavy atom. The first-order valence-corrected chi connectivity index (χ1v) is 6.55. The molecule has 1 rings (SSSR count). The lowest BCUT2D eigenvalue weighted by atomic mass is 10.1. The summed E-state index contributed by atoms with van der Waals surface area (Å²) in [5.41, 5.74) is 2.39. The normalized spacial score (nSPS) is 11.3. The number of rotatable bonds is 5. The maximum Gasteiger partial charge on any atom is 0.0642 e. The minimum atomic E-state index is 0.438. The van der Waals surface area contributed by atoms with Crippen LogP contribution in [0.25, 0.3) is 0 Å². The second-order valence-corrected chi connectivity index (χ2v) is 5.40. The molecule has 0 heterocycles. The van der Waals surface area contributed by atoms with Crippen molar-refractivity contribution in [2.75, 3.05) is 11.9 Å². The van der Waals surface area contributed by atoms with Gasteiger partial charge < -0.3 is 10.2 Å². The van der Waals surface area contributed by atoms with E-state index in [9.17, 15) is 0 Å². The minimum Gasteiger partial charge on any atom is -0.371 e. The summed E-state index contributed by atoms with van der Waals surface area (Å²) in [6.07, 6.45) is 0. The van der Waals surface area contributed by atoms with Crippen LogP contribution in [0.5, 0.6) is 0 Å². The predicted molar refractivity (Wildman–Crippen MR) is 77.0 cm³/mol. The zero-order valence-electron chi connectivity index (χ0n) is 11.4. The van der Waals surface area contributed by atoms with Crippen LogP contribution in [0.2, 0.25) is 5.02 Å². The van der Waals surface area contributed by atoms with Gasteiger partial charge in [-0.3, -0.25) is 0 Å². The maximum absolute atomic E-state index is 6.31. The molecule has 96 valence electrons. The fourth-order valence-corrected chi connectivity index (χ4v) is 2.00. The molecule has 0 saturated heterocycles. The Bertz CT molecular complexity index is 361. The fraction of sp³-hybridized carbons (Fsp3) is 0.571. The molecular formula is C14H23ClN2. The van der Waals surface area contributed by atoms with Crippen molar-refractivity contribution >= 4 is 17.3 Å². The zero-order valence-corrected chi connectivity index (χ0v) is 12.2. The predicted octanol–water partition coefficient (Wildman–Crippen LogP) is 3.68. The second-order valence-electron chi connectivity index (χ2n) is 4.99. The van der Waals surface area contributed by atoms with Gasteiger partial charge in [0.25, 0.3) is 0 Å². The Balaban J connectivity index is 2.99. The van der Waals surface area contributed by atoms with Crippen molar-refractivity contribution < 1.29 is 0 Å². The number of hydrogen-bond donors (Lipinski definition) is 1. The molecule has 1 N–H and O–H groups in total. The summed E-state index contributed by atoms with van der Waals surface area (Å²) in [6.45, 7) is 9.49. The Morgan fingerprint density at radius 3 is 2.41 bits per heavy atom. The van der Waals surface area contributed by atoms with Crippen molar-refractivity contribution in [2.24, 2.45) is 0 Å². The smallest absolute Gasteiger partial charge is 0.0642 e. The molecule has 17 heavy (non-hydrogen) atoms. The third kappa shape index (κ3) is 3.90. The number of hydrogen-bond acceptors (Lipinski definition) is 2. The van der Waals surface area contributed by atoms with Gasteiger partial charge in [0.05, 0.1) is 10.7 Å². The van der Waals surface area contributed by atoms with Crippen LogP contribution in [0.1, 0.15) is 33.3 Å². The molecule has 0 amide bonds. The average molecular weight is 255 g/mol. The molecular weight excluding hydrogens is 232 g/mol. The summed E-state index contributed by atoms with van der Waals surface area (Å²) in [5.74, 6) is 0. The summed E-state index contributed by atoms with van der Waals surface area (Å²) < 4.78 is 0. The van der Waals surface area contributed by atoms with E-state index in [1.54, 1.807) is 0 Å². The number of nitrogens with one attached hydrogen (secondary N) is 1. The molecule has 0 aliphatic rings. The molecule has 3 heteroatoms. The lowest BCUT2D eigenvalue weighted by Crippen LogP contribution is -2.29. The van der Waals surface area contributed by atoms with Crippen molar-refractivity contribution in [2.45, 2.75) is 46.3 Å². The van der Waals surface area contributed by atoms with Crippen LogP contribution in [0, 0.1) is 0 Å². The van der Waals surface area contributed by atoms with Gasteiger partial charge in [-0.2, -0.15) is 0 Å². The highest BCUT2D eigenvalue weighted by molar-refractivity contribution is 6.33. The van der Waals surface area contributed by atoms with Gasteiger partial charge in [-0.25, -0.2) is 0 Å². The molecule has 0 radical (unpaired) electrons.